The lowest BCUT2D eigenvalue weighted by Gasteiger charge is -2.08. The fourth-order valence-electron chi connectivity index (χ4n) is 2.77. The van der Waals surface area contributed by atoms with Gasteiger partial charge in [0.15, 0.2) is 11.5 Å². The second-order valence-electron chi connectivity index (χ2n) is 6.42. The average Bonchev–Trinajstić information content (AvgIpc) is 3.49. The van der Waals surface area contributed by atoms with E-state index in [2.05, 4.69) is 10.6 Å². The first-order chi connectivity index (χ1) is 14.9. The molecule has 2 N–H and O–H groups in total. The molecule has 2 amide bonds. The van der Waals surface area contributed by atoms with Crippen LogP contribution in [0, 0.1) is 0 Å². The molecule has 2 heterocycles. The van der Waals surface area contributed by atoms with E-state index in [1.807, 2.05) is 0 Å². The molecule has 0 aliphatic carbocycles. The molecule has 4 aromatic rings. The minimum Gasteiger partial charge on any atom is -0.459 e. The Bertz CT molecular complexity index is 1190. The predicted octanol–water partition coefficient (Wildman–Crippen LogP) is 4.21. The predicted molar refractivity (Wildman–Crippen MR) is 112 cm³/mol. The van der Waals surface area contributed by atoms with Crippen LogP contribution in [-0.4, -0.2) is 20.2 Å². The van der Waals surface area contributed by atoms with Crippen molar-refractivity contribution in [1.82, 2.24) is 0 Å². The van der Waals surface area contributed by atoms with Crippen LogP contribution in [0.5, 0.6) is 0 Å². The zero-order chi connectivity index (χ0) is 21.8. The van der Waals surface area contributed by atoms with Gasteiger partial charge in [-0.05, 0) is 72.8 Å². The summed E-state index contributed by atoms with van der Waals surface area (Å²) in [6.07, 6.45) is 2.77. The van der Waals surface area contributed by atoms with E-state index in [0.717, 1.165) is 0 Å². The summed E-state index contributed by atoms with van der Waals surface area (Å²) in [4.78, 5) is 24.1. The Kier molecular flexibility index (Phi) is 5.42. The molecule has 31 heavy (non-hydrogen) atoms. The van der Waals surface area contributed by atoms with Crippen LogP contribution in [0.4, 0.5) is 11.4 Å². The van der Waals surface area contributed by atoms with Gasteiger partial charge in [-0.15, -0.1) is 0 Å². The van der Waals surface area contributed by atoms with Crippen molar-refractivity contribution in [2.75, 3.05) is 10.6 Å². The standard InChI is InChI=1S/C22H16N2O6S/c25-21(19-3-1-13-29-19)23-15-5-9-17(10-6-15)31(27,28)18-11-7-16(8-12-18)24-22(26)20-4-2-14-30-20/h1-14H,(H,23,25)(H,24,26). The minimum atomic E-state index is -3.78. The molecule has 0 atom stereocenters. The number of amides is 2. The molecule has 156 valence electrons. The lowest BCUT2D eigenvalue weighted by molar-refractivity contribution is 0.0989. The molecule has 4 rings (SSSR count). The first-order valence-corrected chi connectivity index (χ1v) is 10.6. The number of rotatable bonds is 6. The van der Waals surface area contributed by atoms with Crippen LogP contribution in [0.2, 0.25) is 0 Å². The number of carbonyl (C=O) groups excluding carboxylic acids is 2. The van der Waals surface area contributed by atoms with Crippen LogP contribution in [0.25, 0.3) is 0 Å². The van der Waals surface area contributed by atoms with Crippen LogP contribution in [-0.2, 0) is 9.84 Å². The molecule has 0 unspecified atom stereocenters. The molecule has 0 aliphatic rings. The van der Waals surface area contributed by atoms with Crippen molar-refractivity contribution in [3.05, 3.63) is 96.8 Å². The maximum absolute atomic E-state index is 12.9. The Balaban J connectivity index is 1.46. The highest BCUT2D eigenvalue weighted by molar-refractivity contribution is 7.91. The van der Waals surface area contributed by atoms with Crippen LogP contribution in [0.15, 0.2) is 104 Å². The molecule has 0 radical (unpaired) electrons. The average molecular weight is 436 g/mol. The normalized spacial score (nSPS) is 11.1. The van der Waals surface area contributed by atoms with Crippen molar-refractivity contribution in [3.8, 4) is 0 Å². The van der Waals surface area contributed by atoms with E-state index in [4.69, 9.17) is 8.83 Å². The second kappa shape index (κ2) is 8.33. The van der Waals surface area contributed by atoms with E-state index in [1.165, 1.54) is 73.2 Å². The SMILES string of the molecule is O=C(Nc1ccc(S(=O)(=O)c2ccc(NC(=O)c3ccco3)cc2)cc1)c1ccco1. The molecule has 2 aromatic heterocycles. The zero-order valence-corrected chi connectivity index (χ0v) is 16.8. The maximum Gasteiger partial charge on any atom is 0.291 e. The van der Waals surface area contributed by atoms with Gasteiger partial charge in [-0.25, -0.2) is 8.42 Å². The summed E-state index contributed by atoms with van der Waals surface area (Å²) in [7, 11) is -3.78. The molecule has 0 saturated heterocycles. The number of carbonyl (C=O) groups is 2. The van der Waals surface area contributed by atoms with Crippen molar-refractivity contribution < 1.29 is 26.8 Å². The van der Waals surface area contributed by atoms with Crippen LogP contribution in [0.3, 0.4) is 0 Å². The Labute approximate surface area is 177 Å². The molecule has 2 aromatic carbocycles. The number of anilines is 2. The highest BCUT2D eigenvalue weighted by atomic mass is 32.2. The van der Waals surface area contributed by atoms with Gasteiger partial charge >= 0.3 is 0 Å². The van der Waals surface area contributed by atoms with Gasteiger partial charge in [0.05, 0.1) is 22.3 Å². The van der Waals surface area contributed by atoms with Gasteiger partial charge in [0.2, 0.25) is 9.84 Å². The van der Waals surface area contributed by atoms with Gasteiger partial charge in [-0.1, -0.05) is 0 Å². The second-order valence-corrected chi connectivity index (χ2v) is 8.36. The molecule has 9 heteroatoms. The van der Waals surface area contributed by atoms with E-state index < -0.39 is 21.7 Å². The van der Waals surface area contributed by atoms with E-state index in [1.54, 1.807) is 12.1 Å². The summed E-state index contributed by atoms with van der Waals surface area (Å²) < 4.78 is 35.8. The lowest BCUT2D eigenvalue weighted by atomic mass is 10.3. The fraction of sp³-hybridized carbons (Fsp3) is 0. The lowest BCUT2D eigenvalue weighted by Crippen LogP contribution is -2.11. The summed E-state index contributed by atoms with van der Waals surface area (Å²) in [5.41, 5.74) is 0.854. The molecule has 0 saturated carbocycles. The number of sulfone groups is 1. The number of benzene rings is 2. The molecule has 0 bridgehead atoms. The highest BCUT2D eigenvalue weighted by Gasteiger charge is 2.18. The summed E-state index contributed by atoms with van der Waals surface area (Å²) in [6, 6.07) is 17.8. The first-order valence-electron chi connectivity index (χ1n) is 9.08. The number of nitrogens with one attached hydrogen (secondary N) is 2. The Morgan fingerprint density at radius 1 is 0.613 bits per heavy atom. The molecule has 8 nitrogen and oxygen atoms in total. The molecule has 0 spiro atoms. The van der Waals surface area contributed by atoms with Gasteiger partial charge in [-0.3, -0.25) is 9.59 Å². The van der Waals surface area contributed by atoms with E-state index in [0.29, 0.717) is 11.4 Å². The molecular formula is C22H16N2O6S. The quantitative estimate of drug-likeness (QED) is 0.467. The van der Waals surface area contributed by atoms with Crippen molar-refractivity contribution in [2.45, 2.75) is 9.79 Å². The van der Waals surface area contributed by atoms with Crippen LogP contribution in [0.1, 0.15) is 21.1 Å². The van der Waals surface area contributed by atoms with E-state index in [-0.39, 0.29) is 21.3 Å². The van der Waals surface area contributed by atoms with Crippen molar-refractivity contribution >= 4 is 33.0 Å². The Morgan fingerprint density at radius 2 is 1.00 bits per heavy atom. The van der Waals surface area contributed by atoms with Crippen molar-refractivity contribution in [1.29, 1.82) is 0 Å². The third kappa shape index (κ3) is 4.41. The van der Waals surface area contributed by atoms with Gasteiger partial charge in [0.1, 0.15) is 0 Å². The molecular weight excluding hydrogens is 420 g/mol. The van der Waals surface area contributed by atoms with Crippen molar-refractivity contribution in [2.24, 2.45) is 0 Å². The third-order valence-electron chi connectivity index (χ3n) is 4.33. The van der Waals surface area contributed by atoms with E-state index in [9.17, 15) is 18.0 Å². The summed E-state index contributed by atoms with van der Waals surface area (Å²) in [5.74, 6) is -0.576. The van der Waals surface area contributed by atoms with Gasteiger partial charge in [0, 0.05) is 11.4 Å². The van der Waals surface area contributed by atoms with Crippen LogP contribution < -0.4 is 10.6 Å². The fourth-order valence-corrected chi connectivity index (χ4v) is 4.03. The molecule has 0 fully saturated rings. The van der Waals surface area contributed by atoms with Gasteiger partial charge < -0.3 is 19.5 Å². The van der Waals surface area contributed by atoms with E-state index >= 15 is 0 Å². The summed E-state index contributed by atoms with van der Waals surface area (Å²) in [5, 5.41) is 5.25. The number of furan rings is 2. The minimum absolute atomic E-state index is 0.0656. The third-order valence-corrected chi connectivity index (χ3v) is 6.12. The monoisotopic (exact) mass is 436 g/mol. The summed E-state index contributed by atoms with van der Waals surface area (Å²) in [6.45, 7) is 0. The maximum atomic E-state index is 12.9. The molecule has 0 aliphatic heterocycles. The van der Waals surface area contributed by atoms with Gasteiger partial charge in [-0.2, -0.15) is 0 Å². The van der Waals surface area contributed by atoms with Crippen LogP contribution >= 0.6 is 0 Å². The van der Waals surface area contributed by atoms with Gasteiger partial charge in [0.25, 0.3) is 11.8 Å². The topological polar surface area (TPSA) is 119 Å². The largest absolute Gasteiger partial charge is 0.459 e. The summed E-state index contributed by atoms with van der Waals surface area (Å²) >= 11 is 0. The Hall–Kier alpha value is -4.11. The zero-order valence-electron chi connectivity index (χ0n) is 15.9. The highest BCUT2D eigenvalue weighted by Crippen LogP contribution is 2.24. The Morgan fingerprint density at radius 3 is 1.32 bits per heavy atom. The number of hydrogen-bond donors (Lipinski definition) is 2. The number of hydrogen-bond acceptors (Lipinski definition) is 6. The smallest absolute Gasteiger partial charge is 0.291 e. The first kappa shape index (κ1) is 20.2. The van der Waals surface area contributed by atoms with Crippen molar-refractivity contribution in [3.63, 3.8) is 0 Å².